The van der Waals surface area contributed by atoms with Crippen molar-refractivity contribution in [2.45, 2.75) is 158 Å². The van der Waals surface area contributed by atoms with Gasteiger partial charge >= 0.3 is 0 Å². The number of piperidine rings is 3. The molecule has 4 bridgehead atoms. The number of benzene rings is 1. The van der Waals surface area contributed by atoms with Gasteiger partial charge in [0, 0.05) is 120 Å². The Balaban J connectivity index is 0.000000115. The quantitative estimate of drug-likeness (QED) is 0.0663. The lowest BCUT2D eigenvalue weighted by atomic mass is 9.79. The highest BCUT2D eigenvalue weighted by molar-refractivity contribution is 7.30. The van der Waals surface area contributed by atoms with E-state index in [0.717, 1.165) is 119 Å². The largest absolute Gasteiger partial charge is 0.348 e. The van der Waals surface area contributed by atoms with E-state index in [9.17, 15) is 4.79 Å². The molecule has 6 atom stereocenters. The highest BCUT2D eigenvalue weighted by Gasteiger charge is 2.50. The summed E-state index contributed by atoms with van der Waals surface area (Å²) in [6.45, 7) is 13.8. The van der Waals surface area contributed by atoms with Crippen LogP contribution in [-0.4, -0.2) is 154 Å². The van der Waals surface area contributed by atoms with Gasteiger partial charge in [-0.05, 0) is 111 Å². The molecule has 5 aliphatic heterocycles. The fraction of sp³-hybridized carbons (Fsp3) is 0.444. The van der Waals surface area contributed by atoms with E-state index >= 15 is 0 Å². The molecule has 5 saturated heterocycles. The molecule has 12 aromatic rings. The van der Waals surface area contributed by atoms with Crippen LogP contribution in [0.2, 0.25) is 0 Å². The average Bonchev–Trinajstić information content (AvgIpc) is 1.60. The van der Waals surface area contributed by atoms with Gasteiger partial charge in [-0.3, -0.25) is 25.1 Å². The summed E-state index contributed by atoms with van der Waals surface area (Å²) in [5.41, 5.74) is 7.64. The first kappa shape index (κ1) is 60.9. The molecule has 11 aromatic heterocycles. The molecule has 0 saturated carbocycles. The summed E-state index contributed by atoms with van der Waals surface area (Å²) >= 11 is 9.62. The van der Waals surface area contributed by atoms with Crippen LogP contribution in [0.5, 0.6) is 0 Å². The average molecular weight is 1350 g/mol. The Morgan fingerprint density at radius 3 is 1.49 bits per heavy atom. The number of H-pyrrole nitrogens is 3. The molecule has 29 heteroatoms. The van der Waals surface area contributed by atoms with E-state index in [-0.39, 0.29) is 27.7 Å². The van der Waals surface area contributed by atoms with Gasteiger partial charge in [0.05, 0.1) is 42.4 Å². The lowest BCUT2D eigenvalue weighted by molar-refractivity contribution is 0.161. The van der Waals surface area contributed by atoms with E-state index in [0.29, 0.717) is 41.0 Å². The molecule has 0 radical (unpaired) electrons. The van der Waals surface area contributed by atoms with Crippen LogP contribution >= 0.6 is 68.0 Å². The zero-order valence-corrected chi connectivity index (χ0v) is 57.5. The predicted molar refractivity (Wildman–Crippen MR) is 373 cm³/mol. The second-order valence-corrected chi connectivity index (χ2v) is 32.8. The minimum atomic E-state index is -0.186. The van der Waals surface area contributed by atoms with Crippen LogP contribution in [0.25, 0.3) is 89.0 Å². The molecule has 5 aliphatic rings. The molecule has 0 spiro atoms. The Labute approximate surface area is 555 Å². The van der Waals surface area contributed by atoms with Crippen LogP contribution < -0.4 is 36.2 Å². The zero-order valence-electron chi connectivity index (χ0n) is 52.6. The van der Waals surface area contributed by atoms with E-state index < -0.39 is 0 Å². The van der Waals surface area contributed by atoms with Crippen LogP contribution in [0.1, 0.15) is 106 Å². The third-order valence-electron chi connectivity index (χ3n) is 18.7. The molecule has 6 N–H and O–H groups in total. The van der Waals surface area contributed by atoms with Crippen molar-refractivity contribution in [1.29, 1.82) is 0 Å². The summed E-state index contributed by atoms with van der Waals surface area (Å²) in [6.07, 6.45) is 27.7. The van der Waals surface area contributed by atoms with Crippen molar-refractivity contribution >= 4 is 112 Å². The standard InChI is InChI=1S/C21H26N8OS2.C21H24N8S2.C21H22N6S2/c1-20(2)7-13(8-21(3,4)27-20)28(5)18-25-16-17(31-18)26-19(32-16)29-11-22-14(6-15(29)30)12-9-23-24-10-12;1-20-4-5-21(2,28-20)7-13(6-20)29(3)19-27-18-17(31-19)26-16(30-18)15-11-22-14(10-23-15)12-8-24-25-9-12;1-27(17-8-15-6-7-16(9-17)24-15)21-26-20-19(29-21)25-18(28-20)13-4-2-12(3-5-13)14-10-22-23-11-14/h6,9-11,13,27H,7-8H2,1-5H3,(H,23,24);8-11,13,28H,4-7H2,1-3H3,(H,24,25);2-5,10-11,15-17,24H,6-9H2,1H3,(H,22,23)/t;13?,20-,21+;15-,16+,17?. The van der Waals surface area contributed by atoms with E-state index in [2.05, 4.69) is 168 Å². The van der Waals surface area contributed by atoms with Gasteiger partial charge in [0.15, 0.2) is 44.4 Å². The van der Waals surface area contributed by atoms with Gasteiger partial charge in [-0.1, -0.05) is 92.3 Å². The highest BCUT2D eigenvalue weighted by Crippen LogP contribution is 2.46. The second kappa shape index (κ2) is 23.9. The van der Waals surface area contributed by atoms with Crippen LogP contribution in [0.4, 0.5) is 15.4 Å². The minimum Gasteiger partial charge on any atom is -0.348 e. The van der Waals surface area contributed by atoms with Crippen LogP contribution in [0.15, 0.2) is 91.0 Å². The van der Waals surface area contributed by atoms with Crippen LogP contribution in [0.3, 0.4) is 0 Å². The molecule has 5 fully saturated rings. The van der Waals surface area contributed by atoms with E-state index in [1.54, 1.807) is 93.9 Å². The van der Waals surface area contributed by atoms with Gasteiger partial charge in [0.25, 0.3) is 5.56 Å². The molecule has 2 unspecified atom stereocenters. The second-order valence-electron chi connectivity index (χ2n) is 27.0. The molecule has 23 nitrogen and oxygen atoms in total. The summed E-state index contributed by atoms with van der Waals surface area (Å²) in [5.74, 6) is 0. The minimum absolute atomic E-state index is 0.0670. The van der Waals surface area contributed by atoms with Gasteiger partial charge in [-0.15, -0.1) is 0 Å². The Morgan fingerprint density at radius 2 is 0.957 bits per heavy atom. The number of hydrogen-bond donors (Lipinski definition) is 6. The summed E-state index contributed by atoms with van der Waals surface area (Å²) in [5, 5.41) is 37.2. The number of fused-ring (bicyclic) bond motifs is 7. The lowest BCUT2D eigenvalue weighted by Gasteiger charge is -2.48. The predicted octanol–water partition coefficient (Wildman–Crippen LogP) is 12.1. The van der Waals surface area contributed by atoms with Gasteiger partial charge < -0.3 is 30.7 Å². The first-order valence-corrected chi connectivity index (χ1v) is 36.0. The van der Waals surface area contributed by atoms with Crippen molar-refractivity contribution in [1.82, 2.24) is 96.0 Å². The molecule has 16 heterocycles. The first-order chi connectivity index (χ1) is 44.2. The zero-order chi connectivity index (χ0) is 63.3. The summed E-state index contributed by atoms with van der Waals surface area (Å²) in [7, 11) is 6.51. The summed E-state index contributed by atoms with van der Waals surface area (Å²) < 4.78 is 1.46. The highest BCUT2D eigenvalue weighted by atomic mass is 32.1. The smallest absolute Gasteiger partial charge is 0.260 e. The molecule has 0 aliphatic carbocycles. The number of aromatic nitrogens is 16. The molecule has 0 amide bonds. The van der Waals surface area contributed by atoms with Crippen molar-refractivity contribution in [3.8, 4) is 60.0 Å². The summed E-state index contributed by atoms with van der Waals surface area (Å²) in [6, 6.07) is 12.8. The SMILES string of the molecule is CN(c1nc2sc(-c3ccc(-c4cn[nH]c4)cc3)nc2s1)C1C[C@H]2CC[C@@H](C1)N2.CN(c1nc2sc(-c3cnc(-c4cn[nH]c4)cn3)nc2s1)C1C[C@]2(C)CC[C@](C)(C1)N2.CN(c1nc2sc(-n3cnc(-c4cn[nH]c4)cc3=O)nc2s1)C1CC(C)(C)NC(C)(C)C1. The Bertz CT molecular complexity index is 4460. The van der Waals surface area contributed by atoms with Gasteiger partial charge in [-0.25, -0.2) is 44.4 Å². The van der Waals surface area contributed by atoms with Crippen molar-refractivity contribution < 1.29 is 0 Å². The maximum Gasteiger partial charge on any atom is 0.260 e. The molecule has 92 heavy (non-hydrogen) atoms. The van der Waals surface area contributed by atoms with Crippen molar-refractivity contribution in [2.75, 3.05) is 35.8 Å². The van der Waals surface area contributed by atoms with E-state index in [1.807, 2.05) is 12.4 Å². The fourth-order valence-corrected chi connectivity index (χ4v) is 20.6. The number of thiazole rings is 6. The molecule has 17 rings (SSSR count). The maximum atomic E-state index is 12.7. The van der Waals surface area contributed by atoms with Crippen molar-refractivity contribution in [2.24, 2.45) is 0 Å². The van der Waals surface area contributed by atoms with Gasteiger partial charge in [-0.2, -0.15) is 15.3 Å². The fourth-order valence-electron chi connectivity index (χ4n) is 14.4. The number of rotatable bonds is 12. The molecular formula is C63H72N22OS6. The van der Waals surface area contributed by atoms with Crippen molar-refractivity contribution in [3.63, 3.8) is 0 Å². The number of nitrogens with one attached hydrogen (secondary N) is 6. The lowest BCUT2D eigenvalue weighted by Crippen LogP contribution is -2.61. The maximum absolute atomic E-state index is 12.7. The monoisotopic (exact) mass is 1340 g/mol. The third-order valence-corrected chi connectivity index (χ3v) is 25.1. The van der Waals surface area contributed by atoms with Crippen molar-refractivity contribution in [3.05, 3.63) is 96.6 Å². The van der Waals surface area contributed by atoms with Gasteiger partial charge in [0.1, 0.15) is 22.0 Å². The summed E-state index contributed by atoms with van der Waals surface area (Å²) in [4.78, 5) is 67.9. The van der Waals surface area contributed by atoms with Gasteiger partial charge in [0.2, 0.25) is 5.13 Å². The molecular weight excluding hydrogens is 1270 g/mol. The first-order valence-electron chi connectivity index (χ1n) is 31.1. The number of hydrogen-bond acceptors (Lipinski definition) is 25. The molecule has 476 valence electrons. The Hall–Kier alpha value is -7.35. The van der Waals surface area contributed by atoms with E-state index in [1.165, 1.54) is 66.8 Å². The topological polar surface area (TPSA) is 270 Å². The molecule has 1 aromatic carbocycles. The Morgan fingerprint density at radius 1 is 0.478 bits per heavy atom. The number of anilines is 3. The normalized spacial score (nSPS) is 23.2. The third kappa shape index (κ3) is 12.4. The Kier molecular flexibility index (Phi) is 15.8. The number of aromatic amines is 3. The number of nitrogens with zero attached hydrogens (tertiary/aromatic N) is 16. The van der Waals surface area contributed by atoms with E-state index in [4.69, 9.17) is 24.9 Å². The van der Waals surface area contributed by atoms with Crippen LogP contribution in [0, 0.1) is 0 Å². The van der Waals surface area contributed by atoms with Crippen LogP contribution in [-0.2, 0) is 0 Å².